The lowest BCUT2D eigenvalue weighted by Crippen LogP contribution is -2.45. The van der Waals surface area contributed by atoms with Gasteiger partial charge in [-0.2, -0.15) is 5.10 Å². The topological polar surface area (TPSA) is 106 Å². The first-order chi connectivity index (χ1) is 15.8. The Labute approximate surface area is 198 Å². The molecule has 0 aliphatic carbocycles. The molecule has 2 aromatic rings. The van der Waals surface area contributed by atoms with Gasteiger partial charge in [-0.05, 0) is 50.5 Å². The van der Waals surface area contributed by atoms with Crippen LogP contribution in [0.1, 0.15) is 42.2 Å². The van der Waals surface area contributed by atoms with Crippen molar-refractivity contribution in [3.05, 3.63) is 46.7 Å². The molecule has 3 amide bonds. The summed E-state index contributed by atoms with van der Waals surface area (Å²) in [4.78, 5) is 39.7. The van der Waals surface area contributed by atoms with Crippen LogP contribution in [0.2, 0.25) is 5.02 Å². The van der Waals surface area contributed by atoms with E-state index in [1.54, 1.807) is 40.9 Å². The number of aryl methyl sites for hydroxylation is 2. The molecule has 1 atom stereocenters. The quantitative estimate of drug-likeness (QED) is 0.705. The molecule has 3 rings (SSSR count). The van der Waals surface area contributed by atoms with Crippen LogP contribution in [0, 0.1) is 0 Å². The Balaban J connectivity index is 1.66. The van der Waals surface area contributed by atoms with E-state index in [-0.39, 0.29) is 43.3 Å². The van der Waals surface area contributed by atoms with Crippen LogP contribution in [-0.4, -0.2) is 64.7 Å². The molecule has 178 valence electrons. The fraction of sp³-hybridized carbons (Fsp3) is 0.478. The van der Waals surface area contributed by atoms with E-state index in [1.807, 2.05) is 13.1 Å². The lowest BCUT2D eigenvalue weighted by atomic mass is 10.1. The monoisotopic (exact) mass is 475 g/mol. The second kappa shape index (κ2) is 11.7. The van der Waals surface area contributed by atoms with Gasteiger partial charge in [0, 0.05) is 43.5 Å². The predicted molar refractivity (Wildman–Crippen MR) is 124 cm³/mol. The number of hydrogen-bond acceptors (Lipinski definition) is 5. The third kappa shape index (κ3) is 7.21. The molecule has 33 heavy (non-hydrogen) atoms. The van der Waals surface area contributed by atoms with E-state index in [0.29, 0.717) is 48.7 Å². The van der Waals surface area contributed by atoms with Crippen LogP contribution in [0.4, 0.5) is 0 Å². The molecular weight excluding hydrogens is 446 g/mol. The Morgan fingerprint density at radius 3 is 2.85 bits per heavy atom. The van der Waals surface area contributed by atoms with Crippen LogP contribution >= 0.6 is 11.6 Å². The summed E-state index contributed by atoms with van der Waals surface area (Å²) in [7, 11) is 1.83. The minimum Gasteiger partial charge on any atom is -0.491 e. The van der Waals surface area contributed by atoms with E-state index in [0.717, 1.165) is 5.69 Å². The van der Waals surface area contributed by atoms with Crippen LogP contribution in [0.3, 0.4) is 0 Å². The summed E-state index contributed by atoms with van der Waals surface area (Å²) in [6, 6.07) is 6.42. The van der Waals surface area contributed by atoms with Gasteiger partial charge in [0.25, 0.3) is 5.91 Å². The van der Waals surface area contributed by atoms with Crippen LogP contribution in [0.25, 0.3) is 0 Å². The molecule has 1 aliphatic rings. The van der Waals surface area contributed by atoms with Gasteiger partial charge < -0.3 is 20.3 Å². The lowest BCUT2D eigenvalue weighted by molar-refractivity contribution is -0.136. The van der Waals surface area contributed by atoms with Gasteiger partial charge in [-0.15, -0.1) is 0 Å². The van der Waals surface area contributed by atoms with Gasteiger partial charge in [0.15, 0.2) is 0 Å². The van der Waals surface area contributed by atoms with Crippen LogP contribution < -0.4 is 15.4 Å². The van der Waals surface area contributed by atoms with Crippen LogP contribution in [0.15, 0.2) is 30.5 Å². The van der Waals surface area contributed by atoms with Crippen molar-refractivity contribution in [3.8, 4) is 5.75 Å². The lowest BCUT2D eigenvalue weighted by Gasteiger charge is -2.23. The van der Waals surface area contributed by atoms with Gasteiger partial charge in [-0.1, -0.05) is 11.6 Å². The molecule has 0 radical (unpaired) electrons. The van der Waals surface area contributed by atoms with E-state index in [9.17, 15) is 14.4 Å². The molecule has 0 spiro atoms. The summed E-state index contributed by atoms with van der Waals surface area (Å²) in [6.45, 7) is 2.82. The minimum atomic E-state index is -0.319. The summed E-state index contributed by atoms with van der Waals surface area (Å²) >= 11 is 6.06. The number of carbonyl (C=O) groups is 3. The predicted octanol–water partition coefficient (Wildman–Crippen LogP) is 1.94. The number of ether oxygens (including phenoxy) is 1. The first-order valence-electron chi connectivity index (χ1n) is 11.1. The number of rotatable bonds is 3. The van der Waals surface area contributed by atoms with Crippen LogP contribution in [-0.2, 0) is 23.1 Å². The van der Waals surface area contributed by atoms with Crippen molar-refractivity contribution < 1.29 is 19.1 Å². The number of nitrogens with one attached hydrogen (secondary N) is 2. The van der Waals surface area contributed by atoms with E-state index in [1.165, 1.54) is 0 Å². The number of hydrogen-bond donors (Lipinski definition) is 2. The van der Waals surface area contributed by atoms with Crippen LogP contribution in [0.5, 0.6) is 5.75 Å². The third-order valence-corrected chi connectivity index (χ3v) is 5.66. The van der Waals surface area contributed by atoms with Crippen molar-refractivity contribution in [1.82, 2.24) is 25.3 Å². The van der Waals surface area contributed by atoms with Crippen molar-refractivity contribution in [1.29, 1.82) is 0 Å². The summed E-state index contributed by atoms with van der Waals surface area (Å²) in [5, 5.41) is 10.3. The maximum atomic E-state index is 12.9. The van der Waals surface area contributed by atoms with E-state index >= 15 is 0 Å². The fourth-order valence-corrected chi connectivity index (χ4v) is 3.78. The summed E-state index contributed by atoms with van der Waals surface area (Å²) < 4.78 is 7.53. The number of nitrogens with zero attached hydrogens (tertiary/aromatic N) is 3. The summed E-state index contributed by atoms with van der Waals surface area (Å²) in [6.07, 6.45) is 3.85. The maximum Gasteiger partial charge on any atom is 0.255 e. The Bertz CT molecular complexity index is 993. The van der Waals surface area contributed by atoms with Gasteiger partial charge in [-0.25, -0.2) is 0 Å². The van der Waals surface area contributed by atoms with Crippen molar-refractivity contribution >= 4 is 29.3 Å². The highest BCUT2D eigenvalue weighted by molar-refractivity contribution is 6.31. The van der Waals surface area contributed by atoms with Crippen molar-refractivity contribution in [2.24, 2.45) is 7.05 Å². The highest BCUT2D eigenvalue weighted by Crippen LogP contribution is 2.23. The second-order valence-electron chi connectivity index (χ2n) is 8.14. The van der Waals surface area contributed by atoms with Gasteiger partial charge in [0.1, 0.15) is 12.4 Å². The minimum absolute atomic E-state index is 0.0207. The molecular formula is C23H30ClN5O4. The first-order valence-corrected chi connectivity index (χ1v) is 11.5. The van der Waals surface area contributed by atoms with Crippen molar-refractivity contribution in [2.75, 3.05) is 26.2 Å². The highest BCUT2D eigenvalue weighted by Gasteiger charge is 2.20. The van der Waals surface area contributed by atoms with E-state index in [4.69, 9.17) is 16.3 Å². The molecule has 9 nitrogen and oxygen atoms in total. The number of benzene rings is 1. The zero-order valence-corrected chi connectivity index (χ0v) is 19.7. The molecule has 2 heterocycles. The Kier molecular flexibility index (Phi) is 8.71. The molecule has 0 bridgehead atoms. The van der Waals surface area contributed by atoms with Crippen molar-refractivity contribution in [3.63, 3.8) is 0 Å². The average molecular weight is 476 g/mol. The van der Waals surface area contributed by atoms with Crippen molar-refractivity contribution in [2.45, 2.75) is 38.6 Å². The van der Waals surface area contributed by atoms with Gasteiger partial charge in [0.05, 0.1) is 18.2 Å². The Morgan fingerprint density at radius 1 is 1.27 bits per heavy atom. The number of fused-ring (bicyclic) bond motifs is 1. The number of amides is 3. The third-order valence-electron chi connectivity index (χ3n) is 5.43. The molecule has 0 unspecified atom stereocenters. The molecule has 10 heteroatoms. The molecule has 1 aliphatic heterocycles. The maximum absolute atomic E-state index is 12.9. The summed E-state index contributed by atoms with van der Waals surface area (Å²) in [5.74, 6) is -0.214. The molecule has 1 aromatic carbocycles. The first kappa shape index (κ1) is 24.6. The van der Waals surface area contributed by atoms with E-state index < -0.39 is 0 Å². The summed E-state index contributed by atoms with van der Waals surface area (Å²) in [5.41, 5.74) is 1.31. The Hall–Kier alpha value is -3.07. The highest BCUT2D eigenvalue weighted by atomic mass is 35.5. The molecule has 0 saturated carbocycles. The van der Waals surface area contributed by atoms with Gasteiger partial charge in [-0.3, -0.25) is 19.1 Å². The molecule has 1 aromatic heterocycles. The second-order valence-corrected chi connectivity index (χ2v) is 8.58. The molecule has 0 fully saturated rings. The largest absolute Gasteiger partial charge is 0.491 e. The number of aromatic nitrogens is 2. The molecule has 0 saturated heterocycles. The zero-order chi connectivity index (χ0) is 23.8. The van der Waals surface area contributed by atoms with Gasteiger partial charge >= 0.3 is 0 Å². The van der Waals surface area contributed by atoms with Gasteiger partial charge in [0.2, 0.25) is 11.8 Å². The van der Waals surface area contributed by atoms with E-state index in [2.05, 4.69) is 15.7 Å². The average Bonchev–Trinajstić information content (AvgIpc) is 3.19. The Morgan fingerprint density at radius 2 is 2.09 bits per heavy atom. The molecule has 2 N–H and O–H groups in total. The smallest absolute Gasteiger partial charge is 0.255 e. The fourth-order valence-electron chi connectivity index (χ4n) is 3.61. The SMILES string of the molecule is C[C@H]1COc2ccc(Cl)cc2C(=O)NCCCCN(C(=O)CCc2ccnn2C)CC(=O)N1. The normalized spacial score (nSPS) is 18.3. The number of carbonyl (C=O) groups excluding carboxylic acids is 3. The zero-order valence-electron chi connectivity index (χ0n) is 19.0. The number of halogens is 1. The standard InChI is InChI=1S/C23H30ClN5O4/c1-16-15-33-20-7-5-17(24)13-19(20)23(32)25-10-3-4-12-29(14-21(30)27-16)22(31)8-6-18-9-11-26-28(18)2/h5,7,9,11,13,16H,3-4,6,8,10,12,14-15H2,1-2H3,(H,25,32)(H,27,30)/t16-/m0/s1.